The number of hydrogen-bond acceptors (Lipinski definition) is 13. The average Bonchev–Trinajstić information content (AvgIpc) is 3.67. The zero-order chi connectivity index (χ0) is 39.8. The number of fused-ring (bicyclic) bond motifs is 1. The third-order valence-electron chi connectivity index (χ3n) is 9.31. The summed E-state index contributed by atoms with van der Waals surface area (Å²) in [5, 5.41) is 7.07. The smallest absolute Gasteiger partial charge is 0.330 e. The number of nitrogens with zero attached hydrogens (tertiary/aromatic N) is 3. The molecule has 5 aromatic rings. The zero-order valence-electron chi connectivity index (χ0n) is 31.3. The second-order valence-corrected chi connectivity index (χ2v) is 14.3. The van der Waals surface area contributed by atoms with Gasteiger partial charge in [0.15, 0.2) is 0 Å². The molecule has 1 aliphatic carbocycles. The highest BCUT2D eigenvalue weighted by molar-refractivity contribution is 7.22. The van der Waals surface area contributed by atoms with Gasteiger partial charge in [-0.05, 0) is 118 Å². The number of hydrogen-bond donors (Lipinski definition) is 0. The molecule has 1 aliphatic rings. The van der Waals surface area contributed by atoms with Crippen LogP contribution in [0.2, 0.25) is 0 Å². The Hall–Kier alpha value is -6.34. The average molecular weight is 790 g/mol. The lowest BCUT2D eigenvalue weighted by Crippen LogP contribution is -2.30. The van der Waals surface area contributed by atoms with Gasteiger partial charge in [0.1, 0.15) is 23.0 Å². The topological polar surface area (TPSA) is 143 Å². The highest BCUT2D eigenvalue weighted by Crippen LogP contribution is 2.35. The summed E-state index contributed by atoms with van der Waals surface area (Å²) in [4.78, 5) is 53.5. The lowest BCUT2D eigenvalue weighted by molar-refractivity contribution is -0.145. The third kappa shape index (κ3) is 11.6. The van der Waals surface area contributed by atoms with Gasteiger partial charge >= 0.3 is 17.9 Å². The van der Waals surface area contributed by atoms with Crippen LogP contribution < -0.4 is 24.0 Å². The standard InChI is InChI=1S/C44H43N3O9S/c1-2-41(49)53-27-11-4-3-10-26-52-35-20-22-36(23-21-35)55-42(50)31-16-18-32(19-17-31)43(51)56-37-24-25-39(54-30-48)33(28-37)29-45-47(34-12-6-5-7-13-34)44-46-38-14-8-9-15-40(38)57-44/h2,5-9,12-15,20-25,28-32H,1,3-4,10-11,16-19,26-27H2/b45-29+. The number of ether oxygens (including phenoxy) is 5. The molecule has 6 rings (SSSR count). The van der Waals surface area contributed by atoms with E-state index in [4.69, 9.17) is 33.8 Å². The molecule has 1 saturated carbocycles. The van der Waals surface area contributed by atoms with Crippen LogP contribution in [0.15, 0.2) is 115 Å². The normalized spacial score (nSPS) is 15.1. The van der Waals surface area contributed by atoms with E-state index in [1.807, 2.05) is 54.6 Å². The van der Waals surface area contributed by atoms with E-state index < -0.39 is 17.9 Å². The molecule has 0 atom stereocenters. The van der Waals surface area contributed by atoms with Crippen LogP contribution in [0.3, 0.4) is 0 Å². The number of aromatic nitrogens is 1. The van der Waals surface area contributed by atoms with Crippen LogP contribution in [0, 0.1) is 11.8 Å². The van der Waals surface area contributed by atoms with E-state index >= 15 is 0 Å². The summed E-state index contributed by atoms with van der Waals surface area (Å²) in [6.45, 7) is 4.64. The number of esters is 3. The molecule has 1 aromatic heterocycles. The number of carbonyl (C=O) groups is 4. The molecule has 57 heavy (non-hydrogen) atoms. The molecule has 0 aliphatic heterocycles. The lowest BCUT2D eigenvalue weighted by Gasteiger charge is -2.25. The van der Waals surface area contributed by atoms with Crippen molar-refractivity contribution < 1.29 is 42.9 Å². The van der Waals surface area contributed by atoms with Crippen molar-refractivity contribution in [3.8, 4) is 23.0 Å². The van der Waals surface area contributed by atoms with Crippen LogP contribution in [0.25, 0.3) is 10.2 Å². The number of para-hydroxylation sites is 2. The van der Waals surface area contributed by atoms with Gasteiger partial charge in [-0.2, -0.15) is 5.10 Å². The van der Waals surface area contributed by atoms with E-state index in [1.54, 1.807) is 47.5 Å². The van der Waals surface area contributed by atoms with E-state index in [0.717, 1.165) is 47.7 Å². The predicted octanol–water partition coefficient (Wildman–Crippen LogP) is 8.99. The molecular formula is C44H43N3O9S. The van der Waals surface area contributed by atoms with Gasteiger partial charge in [0, 0.05) is 11.6 Å². The fourth-order valence-corrected chi connectivity index (χ4v) is 7.21. The summed E-state index contributed by atoms with van der Waals surface area (Å²) in [5.74, 6) is -0.263. The number of rotatable bonds is 19. The molecule has 0 bridgehead atoms. The van der Waals surface area contributed by atoms with E-state index in [0.29, 0.717) is 67.6 Å². The van der Waals surface area contributed by atoms with Gasteiger partial charge in [-0.3, -0.25) is 14.4 Å². The third-order valence-corrected chi connectivity index (χ3v) is 10.3. The van der Waals surface area contributed by atoms with Gasteiger partial charge in [0.25, 0.3) is 6.47 Å². The van der Waals surface area contributed by atoms with Crippen LogP contribution >= 0.6 is 11.3 Å². The highest BCUT2D eigenvalue weighted by Gasteiger charge is 2.32. The molecule has 0 spiro atoms. The minimum Gasteiger partial charge on any atom is -0.494 e. The molecular weight excluding hydrogens is 747 g/mol. The first-order valence-electron chi connectivity index (χ1n) is 18.8. The van der Waals surface area contributed by atoms with Crippen molar-refractivity contribution in [2.24, 2.45) is 16.9 Å². The van der Waals surface area contributed by atoms with Crippen molar-refractivity contribution >= 4 is 63.0 Å². The first-order chi connectivity index (χ1) is 27.9. The van der Waals surface area contributed by atoms with Crippen LogP contribution in [0.5, 0.6) is 23.0 Å². The lowest BCUT2D eigenvalue weighted by atomic mass is 9.82. The second kappa shape index (κ2) is 20.5. The molecule has 12 nitrogen and oxygen atoms in total. The Morgan fingerprint density at radius 3 is 2.09 bits per heavy atom. The van der Waals surface area contributed by atoms with Crippen molar-refractivity contribution in [2.75, 3.05) is 18.2 Å². The number of anilines is 2. The first-order valence-corrected chi connectivity index (χ1v) is 19.7. The van der Waals surface area contributed by atoms with Crippen LogP contribution in [0.1, 0.15) is 56.9 Å². The largest absolute Gasteiger partial charge is 0.494 e. The molecule has 0 unspecified atom stereocenters. The van der Waals surface area contributed by atoms with Crippen molar-refractivity contribution in [1.29, 1.82) is 0 Å². The summed E-state index contributed by atoms with van der Waals surface area (Å²) in [6, 6.07) is 29.0. The van der Waals surface area contributed by atoms with Gasteiger partial charge in [0.05, 0.1) is 47.2 Å². The molecule has 0 radical (unpaired) electrons. The molecule has 0 saturated heterocycles. The number of carbonyl (C=O) groups excluding carboxylic acids is 4. The van der Waals surface area contributed by atoms with Crippen molar-refractivity contribution in [3.63, 3.8) is 0 Å². The number of benzene rings is 4. The van der Waals surface area contributed by atoms with Crippen LogP contribution in [-0.4, -0.2) is 48.8 Å². The zero-order valence-corrected chi connectivity index (χ0v) is 32.1. The second-order valence-electron chi connectivity index (χ2n) is 13.3. The number of unbranched alkanes of at least 4 members (excludes halogenated alkanes) is 3. The molecule has 4 aromatic carbocycles. The summed E-state index contributed by atoms with van der Waals surface area (Å²) in [7, 11) is 0. The molecule has 294 valence electrons. The maximum atomic E-state index is 13.3. The summed E-state index contributed by atoms with van der Waals surface area (Å²) >= 11 is 1.49. The van der Waals surface area contributed by atoms with Gasteiger partial charge in [-0.1, -0.05) is 48.2 Å². The van der Waals surface area contributed by atoms with E-state index in [1.165, 1.54) is 17.6 Å². The summed E-state index contributed by atoms with van der Waals surface area (Å²) < 4.78 is 28.4. The fourth-order valence-electron chi connectivity index (χ4n) is 6.26. The van der Waals surface area contributed by atoms with Crippen molar-refractivity contribution in [3.05, 3.63) is 115 Å². The minimum atomic E-state index is -0.405. The maximum absolute atomic E-state index is 13.3. The van der Waals surface area contributed by atoms with Gasteiger partial charge in [-0.15, -0.1) is 0 Å². The van der Waals surface area contributed by atoms with Gasteiger partial charge in [0.2, 0.25) is 5.13 Å². The van der Waals surface area contributed by atoms with E-state index in [9.17, 15) is 19.2 Å². The molecule has 1 heterocycles. The Morgan fingerprint density at radius 2 is 1.40 bits per heavy atom. The minimum absolute atomic E-state index is 0.237. The molecule has 0 N–H and O–H groups in total. The first kappa shape index (κ1) is 40.3. The molecule has 13 heteroatoms. The number of hydrazone groups is 1. The van der Waals surface area contributed by atoms with E-state index in [-0.39, 0.29) is 23.4 Å². The van der Waals surface area contributed by atoms with Gasteiger partial charge < -0.3 is 23.7 Å². The summed E-state index contributed by atoms with van der Waals surface area (Å²) in [6.07, 6.45) is 8.14. The van der Waals surface area contributed by atoms with Crippen LogP contribution in [-0.2, 0) is 23.9 Å². The van der Waals surface area contributed by atoms with Crippen molar-refractivity contribution in [2.45, 2.75) is 51.4 Å². The fraction of sp³-hybridized carbons (Fsp3) is 0.273. The quantitative estimate of drug-likeness (QED) is 0.0150. The Kier molecular flexibility index (Phi) is 14.5. The Balaban J connectivity index is 0.987. The van der Waals surface area contributed by atoms with E-state index in [2.05, 4.69) is 6.58 Å². The monoisotopic (exact) mass is 789 g/mol. The maximum Gasteiger partial charge on any atom is 0.330 e. The predicted molar refractivity (Wildman–Crippen MR) is 217 cm³/mol. The molecule has 0 amide bonds. The highest BCUT2D eigenvalue weighted by atomic mass is 32.1. The SMILES string of the molecule is C=CC(=O)OCCCCCCOc1ccc(OC(=O)C2CCC(C(=O)Oc3ccc(OC=O)c(/C=N/N(c4ccccc4)c4nc5ccccc5s4)c3)CC2)cc1. The van der Waals surface area contributed by atoms with Gasteiger partial charge in [-0.25, -0.2) is 14.8 Å². The summed E-state index contributed by atoms with van der Waals surface area (Å²) in [5.41, 5.74) is 2.04. The Bertz CT molecular complexity index is 2130. The molecule has 1 fully saturated rings. The number of thiazole rings is 1. The Morgan fingerprint density at radius 1 is 0.772 bits per heavy atom. The van der Waals surface area contributed by atoms with Crippen molar-refractivity contribution in [1.82, 2.24) is 4.98 Å². The van der Waals surface area contributed by atoms with Crippen LogP contribution in [0.4, 0.5) is 10.8 Å². The Labute approximate surface area is 334 Å².